The van der Waals surface area contributed by atoms with Crippen molar-refractivity contribution in [1.82, 2.24) is 0 Å². The zero-order valence-corrected chi connectivity index (χ0v) is 11.6. The number of carbonyl (C=O) groups is 1. The van der Waals surface area contributed by atoms with E-state index in [1.807, 2.05) is 31.2 Å². The number of carbonyl (C=O) groups excluding carboxylic acids is 1. The average Bonchev–Trinajstić information content (AvgIpc) is 2.93. The fraction of sp³-hybridized carbons (Fsp3) is 0.533. The van der Waals surface area contributed by atoms with Crippen LogP contribution in [0.1, 0.15) is 32.6 Å². The van der Waals surface area contributed by atoms with E-state index >= 15 is 0 Å². The van der Waals surface area contributed by atoms with Crippen LogP contribution in [0.4, 0.5) is 5.69 Å². The number of methoxy groups -OCH3 is 1. The number of primary amides is 1. The molecule has 4 heteroatoms. The third-order valence-corrected chi connectivity index (χ3v) is 4.18. The highest BCUT2D eigenvalue weighted by atomic mass is 16.5. The lowest BCUT2D eigenvalue weighted by Gasteiger charge is -2.34. The van der Waals surface area contributed by atoms with E-state index in [4.69, 9.17) is 10.5 Å². The summed E-state index contributed by atoms with van der Waals surface area (Å²) in [6, 6.07) is 7.61. The van der Waals surface area contributed by atoms with Crippen LogP contribution in [0, 0.1) is 5.92 Å². The lowest BCUT2D eigenvalue weighted by Crippen LogP contribution is -2.53. The molecule has 0 bridgehead atoms. The molecule has 0 aliphatic heterocycles. The standard InChI is InChI=1S/C15H22N2O2/c1-15(14(16)18,11-7-3-4-8-11)17-12-9-5-6-10-13(12)19-2/h5-6,9-11,17H,3-4,7-8H2,1-2H3,(H2,16,18). The molecule has 0 heterocycles. The van der Waals surface area contributed by atoms with Crippen LogP contribution in [0.25, 0.3) is 0 Å². The Bertz CT molecular complexity index is 455. The molecule has 1 fully saturated rings. The lowest BCUT2D eigenvalue weighted by molar-refractivity contribution is -0.123. The van der Waals surface area contributed by atoms with E-state index in [0.29, 0.717) is 0 Å². The van der Waals surface area contributed by atoms with Crippen molar-refractivity contribution in [2.75, 3.05) is 12.4 Å². The van der Waals surface area contributed by atoms with Crippen LogP contribution < -0.4 is 15.8 Å². The molecule has 104 valence electrons. The highest BCUT2D eigenvalue weighted by Crippen LogP contribution is 2.37. The second-order valence-corrected chi connectivity index (χ2v) is 5.37. The number of para-hydroxylation sites is 2. The van der Waals surface area contributed by atoms with Crippen LogP contribution in [0.2, 0.25) is 0 Å². The molecule has 3 N–H and O–H groups in total. The Morgan fingerprint density at radius 2 is 2.00 bits per heavy atom. The second-order valence-electron chi connectivity index (χ2n) is 5.37. The fourth-order valence-electron chi connectivity index (χ4n) is 2.90. The van der Waals surface area contributed by atoms with Gasteiger partial charge in [-0.05, 0) is 37.8 Å². The number of benzene rings is 1. The van der Waals surface area contributed by atoms with Gasteiger partial charge in [0.05, 0.1) is 12.8 Å². The first-order valence-electron chi connectivity index (χ1n) is 6.79. The second kappa shape index (κ2) is 5.51. The topological polar surface area (TPSA) is 64.3 Å². The van der Waals surface area contributed by atoms with Crippen LogP contribution in [0.5, 0.6) is 5.75 Å². The molecule has 2 rings (SSSR count). The molecule has 1 aromatic rings. The van der Waals surface area contributed by atoms with Crippen molar-refractivity contribution >= 4 is 11.6 Å². The van der Waals surface area contributed by atoms with E-state index in [-0.39, 0.29) is 11.8 Å². The van der Waals surface area contributed by atoms with Gasteiger partial charge in [0.15, 0.2) is 0 Å². The van der Waals surface area contributed by atoms with E-state index in [9.17, 15) is 4.79 Å². The number of anilines is 1. The average molecular weight is 262 g/mol. The van der Waals surface area contributed by atoms with Gasteiger partial charge in [-0.3, -0.25) is 4.79 Å². The van der Waals surface area contributed by atoms with E-state index in [1.54, 1.807) is 7.11 Å². The number of rotatable bonds is 5. The van der Waals surface area contributed by atoms with E-state index in [2.05, 4.69) is 5.32 Å². The quantitative estimate of drug-likeness (QED) is 0.857. The van der Waals surface area contributed by atoms with Gasteiger partial charge in [0, 0.05) is 0 Å². The largest absolute Gasteiger partial charge is 0.495 e. The van der Waals surface area contributed by atoms with Crippen molar-refractivity contribution in [3.05, 3.63) is 24.3 Å². The third kappa shape index (κ3) is 2.67. The minimum Gasteiger partial charge on any atom is -0.495 e. The first-order chi connectivity index (χ1) is 9.08. The van der Waals surface area contributed by atoms with Gasteiger partial charge in [-0.25, -0.2) is 0 Å². The number of nitrogens with one attached hydrogen (secondary N) is 1. The molecule has 0 radical (unpaired) electrons. The Balaban J connectivity index is 2.27. The van der Waals surface area contributed by atoms with Gasteiger partial charge in [0.1, 0.15) is 11.3 Å². The number of hydrogen-bond acceptors (Lipinski definition) is 3. The zero-order chi connectivity index (χ0) is 13.9. The van der Waals surface area contributed by atoms with Crippen molar-refractivity contribution < 1.29 is 9.53 Å². The number of amides is 1. The summed E-state index contributed by atoms with van der Waals surface area (Å²) in [7, 11) is 1.62. The van der Waals surface area contributed by atoms with Crippen molar-refractivity contribution in [1.29, 1.82) is 0 Å². The molecule has 1 aliphatic rings. The van der Waals surface area contributed by atoms with Gasteiger partial charge < -0.3 is 15.8 Å². The summed E-state index contributed by atoms with van der Waals surface area (Å²) in [6.45, 7) is 1.90. The first kappa shape index (κ1) is 13.7. The Hall–Kier alpha value is -1.71. The predicted molar refractivity (Wildman–Crippen MR) is 76.2 cm³/mol. The van der Waals surface area contributed by atoms with Crippen molar-refractivity contribution in [3.8, 4) is 5.75 Å². The normalized spacial score (nSPS) is 18.8. The minimum absolute atomic E-state index is 0.287. The molecule has 1 saturated carbocycles. The molecule has 1 amide bonds. The van der Waals surface area contributed by atoms with Gasteiger partial charge in [0.25, 0.3) is 0 Å². The predicted octanol–water partition coefficient (Wildman–Crippen LogP) is 2.54. The summed E-state index contributed by atoms with van der Waals surface area (Å²) in [5.74, 6) is 0.716. The molecule has 19 heavy (non-hydrogen) atoms. The Morgan fingerprint density at radius 1 is 1.37 bits per heavy atom. The van der Waals surface area contributed by atoms with E-state index in [0.717, 1.165) is 24.3 Å². The van der Waals surface area contributed by atoms with E-state index in [1.165, 1.54) is 12.8 Å². The SMILES string of the molecule is COc1ccccc1NC(C)(C(N)=O)C1CCCC1. The molecular weight excluding hydrogens is 240 g/mol. The number of nitrogens with two attached hydrogens (primary N) is 1. The summed E-state index contributed by atoms with van der Waals surface area (Å²) in [4.78, 5) is 11.9. The van der Waals surface area contributed by atoms with Crippen molar-refractivity contribution in [2.24, 2.45) is 11.7 Å². The van der Waals surface area contributed by atoms with Gasteiger partial charge >= 0.3 is 0 Å². The highest BCUT2D eigenvalue weighted by Gasteiger charge is 2.41. The Labute approximate surface area is 114 Å². The van der Waals surface area contributed by atoms with E-state index < -0.39 is 5.54 Å². The van der Waals surface area contributed by atoms with Crippen molar-refractivity contribution in [2.45, 2.75) is 38.1 Å². The molecule has 1 aliphatic carbocycles. The minimum atomic E-state index is -0.717. The molecule has 1 atom stereocenters. The smallest absolute Gasteiger partial charge is 0.243 e. The van der Waals surface area contributed by atoms with Crippen LogP contribution in [-0.2, 0) is 4.79 Å². The van der Waals surface area contributed by atoms with Crippen LogP contribution >= 0.6 is 0 Å². The first-order valence-corrected chi connectivity index (χ1v) is 6.79. The monoisotopic (exact) mass is 262 g/mol. The lowest BCUT2D eigenvalue weighted by atomic mass is 9.83. The maximum absolute atomic E-state index is 11.9. The summed E-state index contributed by atoms with van der Waals surface area (Å²) < 4.78 is 5.32. The molecule has 1 unspecified atom stereocenters. The van der Waals surface area contributed by atoms with Gasteiger partial charge in [-0.1, -0.05) is 25.0 Å². The van der Waals surface area contributed by atoms with Crippen LogP contribution in [0.15, 0.2) is 24.3 Å². The molecule has 4 nitrogen and oxygen atoms in total. The molecule has 0 aromatic heterocycles. The van der Waals surface area contributed by atoms with Crippen LogP contribution in [-0.4, -0.2) is 18.6 Å². The maximum atomic E-state index is 11.9. The number of hydrogen-bond donors (Lipinski definition) is 2. The summed E-state index contributed by atoms with van der Waals surface area (Å²) in [6.07, 6.45) is 4.42. The van der Waals surface area contributed by atoms with Gasteiger partial charge in [0.2, 0.25) is 5.91 Å². The summed E-state index contributed by atoms with van der Waals surface area (Å²) >= 11 is 0. The third-order valence-electron chi connectivity index (χ3n) is 4.18. The Morgan fingerprint density at radius 3 is 2.58 bits per heavy atom. The molecular formula is C15H22N2O2. The zero-order valence-electron chi connectivity index (χ0n) is 11.6. The fourth-order valence-corrected chi connectivity index (χ4v) is 2.90. The van der Waals surface area contributed by atoms with Gasteiger partial charge in [-0.15, -0.1) is 0 Å². The molecule has 1 aromatic carbocycles. The van der Waals surface area contributed by atoms with Crippen LogP contribution in [0.3, 0.4) is 0 Å². The maximum Gasteiger partial charge on any atom is 0.243 e. The molecule has 0 spiro atoms. The summed E-state index contributed by atoms with van der Waals surface area (Å²) in [5, 5.41) is 3.32. The van der Waals surface area contributed by atoms with Crippen molar-refractivity contribution in [3.63, 3.8) is 0 Å². The van der Waals surface area contributed by atoms with Gasteiger partial charge in [-0.2, -0.15) is 0 Å². The number of ether oxygens (including phenoxy) is 1. The Kier molecular flexibility index (Phi) is 3.98. The molecule has 0 saturated heterocycles. The highest BCUT2D eigenvalue weighted by molar-refractivity contribution is 5.88. The summed E-state index contributed by atoms with van der Waals surface area (Å²) in [5.41, 5.74) is 5.75.